The molecular formula is C25H23N3O3. The van der Waals surface area contributed by atoms with Crippen LogP contribution in [0.15, 0.2) is 79.0 Å². The molecule has 0 bridgehead atoms. The minimum atomic E-state index is -0.422. The van der Waals surface area contributed by atoms with Crippen molar-refractivity contribution in [3.05, 3.63) is 106 Å². The van der Waals surface area contributed by atoms with Gasteiger partial charge in [0.15, 0.2) is 0 Å². The van der Waals surface area contributed by atoms with Crippen LogP contribution in [-0.4, -0.2) is 15.0 Å². The number of nitro benzene ring substituents is 1. The van der Waals surface area contributed by atoms with Crippen LogP contribution in [-0.2, 0) is 0 Å². The second-order valence-electron chi connectivity index (χ2n) is 7.78. The maximum absolute atomic E-state index is 11.2. The lowest BCUT2D eigenvalue weighted by molar-refractivity contribution is -0.384. The third-order valence-corrected chi connectivity index (χ3v) is 5.39. The quantitative estimate of drug-likeness (QED) is 0.291. The van der Waals surface area contributed by atoms with Gasteiger partial charge in [0, 0.05) is 35.0 Å². The summed E-state index contributed by atoms with van der Waals surface area (Å²) in [7, 11) is 0. The zero-order valence-electron chi connectivity index (χ0n) is 17.3. The van der Waals surface area contributed by atoms with Crippen LogP contribution in [0, 0.1) is 10.1 Å². The van der Waals surface area contributed by atoms with Crippen LogP contribution < -0.4 is 5.32 Å². The molecule has 31 heavy (non-hydrogen) atoms. The number of aromatic hydroxyl groups is 1. The predicted molar refractivity (Wildman–Crippen MR) is 123 cm³/mol. The molecule has 0 fully saturated rings. The van der Waals surface area contributed by atoms with E-state index in [-0.39, 0.29) is 11.4 Å². The zero-order valence-corrected chi connectivity index (χ0v) is 17.3. The highest BCUT2D eigenvalue weighted by Crippen LogP contribution is 2.37. The molecule has 0 saturated heterocycles. The van der Waals surface area contributed by atoms with E-state index in [0.717, 1.165) is 10.9 Å². The van der Waals surface area contributed by atoms with Crippen LogP contribution in [0.4, 0.5) is 11.4 Å². The van der Waals surface area contributed by atoms with Gasteiger partial charge in [0.2, 0.25) is 0 Å². The highest BCUT2D eigenvalue weighted by atomic mass is 16.6. The van der Waals surface area contributed by atoms with E-state index in [9.17, 15) is 15.2 Å². The first-order chi connectivity index (χ1) is 14.9. The second-order valence-corrected chi connectivity index (χ2v) is 7.78. The van der Waals surface area contributed by atoms with Crippen LogP contribution >= 0.6 is 0 Å². The first-order valence-corrected chi connectivity index (χ1v) is 10.1. The van der Waals surface area contributed by atoms with Gasteiger partial charge in [-0.05, 0) is 29.2 Å². The van der Waals surface area contributed by atoms with Crippen molar-refractivity contribution in [1.29, 1.82) is 0 Å². The van der Waals surface area contributed by atoms with E-state index in [0.29, 0.717) is 22.7 Å². The fraction of sp³-hybridized carbons (Fsp3) is 0.160. The molecule has 0 aliphatic rings. The van der Waals surface area contributed by atoms with Crippen molar-refractivity contribution in [3.63, 3.8) is 0 Å². The standard InChI is InChI=1S/C25H23N3O3/c1-16(2)17-8-10-19(11-9-17)23(27-20-6-3-7-21(15-20)28(30)31)22-13-12-18-5-4-14-26-24(18)25(22)29/h3-16,23,27,29H,1-2H3. The highest BCUT2D eigenvalue weighted by Gasteiger charge is 2.21. The van der Waals surface area contributed by atoms with Crippen LogP contribution in [0.1, 0.15) is 42.5 Å². The second kappa shape index (κ2) is 8.44. The summed E-state index contributed by atoms with van der Waals surface area (Å²) in [5.41, 5.74) is 3.90. The lowest BCUT2D eigenvalue weighted by Crippen LogP contribution is -2.13. The zero-order chi connectivity index (χ0) is 22.0. The van der Waals surface area contributed by atoms with Crippen molar-refractivity contribution in [2.24, 2.45) is 0 Å². The number of phenols is 1. The molecule has 3 aromatic carbocycles. The minimum Gasteiger partial charge on any atom is -0.505 e. The third-order valence-electron chi connectivity index (χ3n) is 5.39. The Labute approximate surface area is 180 Å². The normalized spacial score (nSPS) is 12.1. The molecule has 1 atom stereocenters. The molecular weight excluding hydrogens is 390 g/mol. The van der Waals surface area contributed by atoms with Crippen molar-refractivity contribution in [2.75, 3.05) is 5.32 Å². The van der Waals surface area contributed by atoms with Crippen molar-refractivity contribution < 1.29 is 10.0 Å². The summed E-state index contributed by atoms with van der Waals surface area (Å²) in [6.45, 7) is 4.27. The number of nitrogens with zero attached hydrogens (tertiary/aromatic N) is 2. The topological polar surface area (TPSA) is 88.3 Å². The average Bonchev–Trinajstić information content (AvgIpc) is 2.78. The van der Waals surface area contributed by atoms with Gasteiger partial charge in [0.05, 0.1) is 11.0 Å². The molecule has 6 heteroatoms. The highest BCUT2D eigenvalue weighted by molar-refractivity contribution is 5.86. The third kappa shape index (κ3) is 4.19. The molecule has 156 valence electrons. The van der Waals surface area contributed by atoms with Gasteiger partial charge >= 0.3 is 0 Å². The monoisotopic (exact) mass is 413 g/mol. The summed E-state index contributed by atoms with van der Waals surface area (Å²) in [5, 5.41) is 26.5. The molecule has 1 unspecified atom stereocenters. The van der Waals surface area contributed by atoms with E-state index in [2.05, 4.69) is 36.3 Å². The smallest absolute Gasteiger partial charge is 0.271 e. The Balaban J connectivity index is 1.82. The number of non-ortho nitro benzene ring substituents is 1. The van der Waals surface area contributed by atoms with Gasteiger partial charge in [0.25, 0.3) is 5.69 Å². The van der Waals surface area contributed by atoms with Crippen LogP contribution in [0.3, 0.4) is 0 Å². The van der Waals surface area contributed by atoms with E-state index < -0.39 is 11.0 Å². The molecule has 1 aromatic heterocycles. The van der Waals surface area contributed by atoms with E-state index in [1.807, 2.05) is 36.4 Å². The van der Waals surface area contributed by atoms with E-state index in [4.69, 9.17) is 0 Å². The van der Waals surface area contributed by atoms with Gasteiger partial charge in [-0.2, -0.15) is 0 Å². The number of phenolic OH excluding ortho intramolecular Hbond substituents is 1. The van der Waals surface area contributed by atoms with E-state index in [1.165, 1.54) is 17.7 Å². The lowest BCUT2D eigenvalue weighted by atomic mass is 9.93. The van der Waals surface area contributed by atoms with Crippen molar-refractivity contribution in [2.45, 2.75) is 25.8 Å². The largest absolute Gasteiger partial charge is 0.505 e. The van der Waals surface area contributed by atoms with Gasteiger partial charge in [0.1, 0.15) is 11.3 Å². The minimum absolute atomic E-state index is 0.00306. The Bertz CT molecular complexity index is 1240. The number of fused-ring (bicyclic) bond motifs is 1. The number of benzene rings is 3. The molecule has 6 nitrogen and oxygen atoms in total. The molecule has 0 saturated carbocycles. The lowest BCUT2D eigenvalue weighted by Gasteiger charge is -2.23. The number of hydrogen-bond donors (Lipinski definition) is 2. The van der Waals surface area contributed by atoms with Crippen LogP contribution in [0.25, 0.3) is 10.9 Å². The Morgan fingerprint density at radius 1 is 0.968 bits per heavy atom. The van der Waals surface area contributed by atoms with Gasteiger partial charge in [-0.3, -0.25) is 15.1 Å². The molecule has 0 radical (unpaired) electrons. The molecule has 0 aliphatic heterocycles. The van der Waals surface area contributed by atoms with Gasteiger partial charge in [-0.1, -0.05) is 62.4 Å². The Kier molecular flexibility index (Phi) is 5.54. The summed E-state index contributed by atoms with van der Waals surface area (Å²) in [6.07, 6.45) is 1.65. The fourth-order valence-corrected chi connectivity index (χ4v) is 3.67. The Hall–Kier alpha value is -3.93. The molecule has 4 aromatic rings. The van der Waals surface area contributed by atoms with Gasteiger partial charge in [-0.15, -0.1) is 0 Å². The summed E-state index contributed by atoms with van der Waals surface area (Å²) in [6, 6.07) is 21.6. The number of hydrogen-bond acceptors (Lipinski definition) is 5. The maximum Gasteiger partial charge on any atom is 0.271 e. The number of anilines is 1. The maximum atomic E-state index is 11.2. The van der Waals surface area contributed by atoms with E-state index in [1.54, 1.807) is 18.3 Å². The van der Waals surface area contributed by atoms with Crippen molar-refractivity contribution in [3.8, 4) is 5.75 Å². The van der Waals surface area contributed by atoms with Crippen LogP contribution in [0.2, 0.25) is 0 Å². The van der Waals surface area contributed by atoms with Crippen molar-refractivity contribution in [1.82, 2.24) is 4.98 Å². The SMILES string of the molecule is CC(C)c1ccc(C(Nc2cccc([N+](=O)[O-])c2)c2ccc3cccnc3c2O)cc1. The summed E-state index contributed by atoms with van der Waals surface area (Å²) in [4.78, 5) is 15.1. The Morgan fingerprint density at radius 2 is 1.71 bits per heavy atom. The predicted octanol–water partition coefficient (Wildman–Crippen LogP) is 6.17. The summed E-state index contributed by atoms with van der Waals surface area (Å²) < 4.78 is 0. The first-order valence-electron chi connectivity index (χ1n) is 10.1. The number of nitro groups is 1. The van der Waals surface area contributed by atoms with Gasteiger partial charge in [-0.25, -0.2) is 0 Å². The van der Waals surface area contributed by atoms with E-state index >= 15 is 0 Å². The number of aromatic nitrogens is 1. The summed E-state index contributed by atoms with van der Waals surface area (Å²) >= 11 is 0. The first kappa shape index (κ1) is 20.3. The fourth-order valence-electron chi connectivity index (χ4n) is 3.67. The molecule has 4 rings (SSSR count). The molecule has 0 amide bonds. The number of nitrogens with one attached hydrogen (secondary N) is 1. The average molecular weight is 413 g/mol. The van der Waals surface area contributed by atoms with Crippen LogP contribution in [0.5, 0.6) is 5.75 Å². The molecule has 1 heterocycles. The Morgan fingerprint density at radius 3 is 2.42 bits per heavy atom. The van der Waals surface area contributed by atoms with Crippen molar-refractivity contribution >= 4 is 22.3 Å². The summed E-state index contributed by atoms with van der Waals surface area (Å²) in [5.74, 6) is 0.490. The number of pyridine rings is 1. The molecule has 0 aliphatic carbocycles. The number of rotatable bonds is 6. The van der Waals surface area contributed by atoms with Gasteiger partial charge < -0.3 is 10.4 Å². The molecule has 0 spiro atoms. The molecule has 2 N–H and O–H groups in total.